The Morgan fingerprint density at radius 2 is 1.81 bits per heavy atom. The van der Waals surface area contributed by atoms with E-state index in [9.17, 15) is 0 Å². The van der Waals surface area contributed by atoms with Crippen LogP contribution in [-0.2, 0) is 12.8 Å². The van der Waals surface area contributed by atoms with Crippen LogP contribution in [0.4, 0.5) is 0 Å². The molecule has 0 heterocycles. The topological polar surface area (TPSA) is 26.0 Å². The number of benzene rings is 1. The molecule has 0 saturated heterocycles. The molecule has 1 saturated carbocycles. The molecule has 1 aromatic carbocycles. The van der Waals surface area contributed by atoms with Crippen LogP contribution in [0.1, 0.15) is 43.7 Å². The summed E-state index contributed by atoms with van der Waals surface area (Å²) in [7, 11) is 0. The Balaban J connectivity index is 1.82. The van der Waals surface area contributed by atoms with Gasteiger partial charge in [-0.25, -0.2) is 0 Å². The molecule has 1 atom stereocenters. The van der Waals surface area contributed by atoms with Gasteiger partial charge in [-0.1, -0.05) is 50.5 Å². The zero-order chi connectivity index (χ0) is 11.4. The highest BCUT2D eigenvalue weighted by atomic mass is 14.6. The summed E-state index contributed by atoms with van der Waals surface area (Å²) < 4.78 is 0. The van der Waals surface area contributed by atoms with E-state index in [4.69, 9.17) is 5.73 Å². The van der Waals surface area contributed by atoms with E-state index in [-0.39, 0.29) is 0 Å². The van der Waals surface area contributed by atoms with Crippen molar-refractivity contribution in [3.8, 4) is 0 Å². The number of hydrogen-bond acceptors (Lipinski definition) is 1. The molecule has 88 valence electrons. The maximum atomic E-state index is 6.19. The molecule has 1 aliphatic carbocycles. The molecule has 1 aromatic rings. The monoisotopic (exact) mass is 217 g/mol. The fourth-order valence-electron chi connectivity index (χ4n) is 2.45. The Morgan fingerprint density at radius 3 is 2.31 bits per heavy atom. The second-order valence-electron chi connectivity index (χ2n) is 5.17. The van der Waals surface area contributed by atoms with Crippen molar-refractivity contribution in [3.05, 3.63) is 35.4 Å². The standard InChI is InChI=1S/C15H23N/c1-2-12-6-8-14(9-7-12)11-15(16)10-13-4-3-5-13/h6-9,13,15H,2-5,10-11,16H2,1H3. The van der Waals surface area contributed by atoms with Crippen molar-refractivity contribution >= 4 is 0 Å². The molecule has 0 radical (unpaired) electrons. The Hall–Kier alpha value is -0.820. The van der Waals surface area contributed by atoms with E-state index < -0.39 is 0 Å². The summed E-state index contributed by atoms with van der Waals surface area (Å²) >= 11 is 0. The van der Waals surface area contributed by atoms with Crippen LogP contribution >= 0.6 is 0 Å². The molecule has 0 aromatic heterocycles. The summed E-state index contributed by atoms with van der Waals surface area (Å²) in [5.41, 5.74) is 8.99. The number of hydrogen-bond donors (Lipinski definition) is 1. The summed E-state index contributed by atoms with van der Waals surface area (Å²) in [5.74, 6) is 0.921. The van der Waals surface area contributed by atoms with Crippen molar-refractivity contribution in [1.82, 2.24) is 0 Å². The van der Waals surface area contributed by atoms with E-state index in [1.54, 1.807) is 0 Å². The molecule has 16 heavy (non-hydrogen) atoms. The average Bonchev–Trinajstić information content (AvgIpc) is 2.25. The van der Waals surface area contributed by atoms with E-state index in [0.29, 0.717) is 6.04 Å². The van der Waals surface area contributed by atoms with Crippen molar-refractivity contribution in [1.29, 1.82) is 0 Å². The maximum Gasteiger partial charge on any atom is 0.00819 e. The van der Waals surface area contributed by atoms with Gasteiger partial charge >= 0.3 is 0 Å². The zero-order valence-corrected chi connectivity index (χ0v) is 10.3. The largest absolute Gasteiger partial charge is 0.327 e. The molecule has 0 amide bonds. The first kappa shape index (κ1) is 11.7. The van der Waals surface area contributed by atoms with Crippen molar-refractivity contribution in [3.63, 3.8) is 0 Å². The molecule has 0 bridgehead atoms. The summed E-state index contributed by atoms with van der Waals surface area (Å²) in [5, 5.41) is 0. The van der Waals surface area contributed by atoms with E-state index in [1.165, 1.54) is 36.8 Å². The van der Waals surface area contributed by atoms with Crippen LogP contribution in [0, 0.1) is 5.92 Å². The quantitative estimate of drug-likeness (QED) is 0.804. The number of rotatable bonds is 5. The lowest BCUT2D eigenvalue weighted by Crippen LogP contribution is -2.28. The minimum atomic E-state index is 0.359. The summed E-state index contributed by atoms with van der Waals surface area (Å²) in [6.07, 6.45) is 7.61. The fourth-order valence-corrected chi connectivity index (χ4v) is 2.45. The van der Waals surface area contributed by atoms with Crippen LogP contribution in [0.25, 0.3) is 0 Å². The predicted molar refractivity (Wildman–Crippen MR) is 69.5 cm³/mol. The number of aryl methyl sites for hydroxylation is 1. The second-order valence-corrected chi connectivity index (χ2v) is 5.17. The van der Waals surface area contributed by atoms with Gasteiger partial charge < -0.3 is 5.73 Å². The molecule has 1 heteroatoms. The van der Waals surface area contributed by atoms with Gasteiger partial charge in [0.25, 0.3) is 0 Å². The third-order valence-corrected chi connectivity index (χ3v) is 3.79. The van der Waals surface area contributed by atoms with Crippen LogP contribution in [0.15, 0.2) is 24.3 Å². The lowest BCUT2D eigenvalue weighted by molar-refractivity contribution is 0.275. The molecule has 2 rings (SSSR count). The minimum absolute atomic E-state index is 0.359. The third kappa shape index (κ3) is 3.08. The number of nitrogens with two attached hydrogens (primary N) is 1. The lowest BCUT2D eigenvalue weighted by atomic mass is 9.80. The van der Waals surface area contributed by atoms with Crippen LogP contribution in [0.5, 0.6) is 0 Å². The van der Waals surface area contributed by atoms with E-state index in [1.807, 2.05) is 0 Å². The highest BCUT2D eigenvalue weighted by Gasteiger charge is 2.20. The fraction of sp³-hybridized carbons (Fsp3) is 0.600. The van der Waals surface area contributed by atoms with Gasteiger partial charge in [0.1, 0.15) is 0 Å². The SMILES string of the molecule is CCc1ccc(CC(N)CC2CCC2)cc1. The smallest absolute Gasteiger partial charge is 0.00819 e. The Morgan fingerprint density at radius 1 is 1.19 bits per heavy atom. The summed E-state index contributed by atoms with van der Waals surface area (Å²) in [6, 6.07) is 9.29. The van der Waals surface area contributed by atoms with Crippen LogP contribution < -0.4 is 5.73 Å². The van der Waals surface area contributed by atoms with Gasteiger partial charge in [-0.2, -0.15) is 0 Å². The minimum Gasteiger partial charge on any atom is -0.327 e. The first-order chi connectivity index (χ1) is 7.78. The molecule has 0 aliphatic heterocycles. The third-order valence-electron chi connectivity index (χ3n) is 3.79. The van der Waals surface area contributed by atoms with Crippen LogP contribution in [-0.4, -0.2) is 6.04 Å². The molecule has 1 unspecified atom stereocenters. The van der Waals surface area contributed by atoms with Gasteiger partial charge in [-0.05, 0) is 36.3 Å². The van der Waals surface area contributed by atoms with Crippen molar-refractivity contribution in [2.75, 3.05) is 0 Å². The van der Waals surface area contributed by atoms with Gasteiger partial charge in [-0.15, -0.1) is 0 Å². The molecule has 0 spiro atoms. The molecule has 1 fully saturated rings. The predicted octanol–water partition coefficient (Wildman–Crippen LogP) is 3.31. The van der Waals surface area contributed by atoms with Gasteiger partial charge in [0.05, 0.1) is 0 Å². The summed E-state index contributed by atoms with van der Waals surface area (Å²) in [4.78, 5) is 0. The Kier molecular flexibility index (Phi) is 4.00. The van der Waals surface area contributed by atoms with Crippen molar-refractivity contribution in [2.45, 2.75) is 51.5 Å². The highest BCUT2D eigenvalue weighted by Crippen LogP contribution is 2.30. The molecular weight excluding hydrogens is 194 g/mol. The first-order valence-electron chi connectivity index (χ1n) is 6.61. The average molecular weight is 217 g/mol. The zero-order valence-electron chi connectivity index (χ0n) is 10.3. The molecule has 2 N–H and O–H groups in total. The van der Waals surface area contributed by atoms with E-state index >= 15 is 0 Å². The van der Waals surface area contributed by atoms with Crippen LogP contribution in [0.3, 0.4) is 0 Å². The molecule has 1 nitrogen and oxygen atoms in total. The molecular formula is C15H23N. The highest BCUT2D eigenvalue weighted by molar-refractivity contribution is 5.23. The van der Waals surface area contributed by atoms with E-state index in [0.717, 1.165) is 18.8 Å². The lowest BCUT2D eigenvalue weighted by Gasteiger charge is -2.28. The first-order valence-corrected chi connectivity index (χ1v) is 6.61. The summed E-state index contributed by atoms with van der Waals surface area (Å²) in [6.45, 7) is 2.19. The normalized spacial score (nSPS) is 18.1. The molecule has 1 aliphatic rings. The Bertz CT molecular complexity index is 311. The van der Waals surface area contributed by atoms with Gasteiger partial charge in [-0.3, -0.25) is 0 Å². The van der Waals surface area contributed by atoms with Gasteiger partial charge in [0.2, 0.25) is 0 Å². The Labute approximate surface area is 99.0 Å². The van der Waals surface area contributed by atoms with E-state index in [2.05, 4.69) is 31.2 Å². The van der Waals surface area contributed by atoms with Gasteiger partial charge in [0.15, 0.2) is 0 Å². The second kappa shape index (κ2) is 5.49. The van der Waals surface area contributed by atoms with Gasteiger partial charge in [0, 0.05) is 6.04 Å². The van der Waals surface area contributed by atoms with Crippen LogP contribution in [0.2, 0.25) is 0 Å². The van der Waals surface area contributed by atoms with Crippen molar-refractivity contribution in [2.24, 2.45) is 11.7 Å². The van der Waals surface area contributed by atoms with Crippen molar-refractivity contribution < 1.29 is 0 Å². The maximum absolute atomic E-state index is 6.19.